The van der Waals surface area contributed by atoms with Crippen LogP contribution in [0.5, 0.6) is 0 Å². The summed E-state index contributed by atoms with van der Waals surface area (Å²) >= 11 is 0. The van der Waals surface area contributed by atoms with Crippen molar-refractivity contribution in [3.8, 4) is 0 Å². The SMILES string of the molecule is CN(NC(=O)CN1CCCCCC1)c1ccccc1.O=C(O)C(=O)O. The van der Waals surface area contributed by atoms with E-state index in [2.05, 4.69) is 10.3 Å². The van der Waals surface area contributed by atoms with Gasteiger partial charge in [-0.1, -0.05) is 31.0 Å². The van der Waals surface area contributed by atoms with Gasteiger partial charge in [0.15, 0.2) is 0 Å². The largest absolute Gasteiger partial charge is 0.473 e. The summed E-state index contributed by atoms with van der Waals surface area (Å²) in [4.78, 5) is 32.5. The average molecular weight is 351 g/mol. The van der Waals surface area contributed by atoms with Crippen LogP contribution >= 0.6 is 0 Å². The number of likely N-dealkylation sites (tertiary alicyclic amines) is 1. The minimum Gasteiger partial charge on any atom is -0.473 e. The van der Waals surface area contributed by atoms with E-state index in [4.69, 9.17) is 19.8 Å². The fourth-order valence-corrected chi connectivity index (χ4v) is 2.44. The molecular weight excluding hydrogens is 326 g/mol. The number of carboxylic acid groups (broad SMARTS) is 2. The highest BCUT2D eigenvalue weighted by Gasteiger charge is 2.13. The first-order valence-corrected chi connectivity index (χ1v) is 8.17. The Morgan fingerprint density at radius 1 is 1.00 bits per heavy atom. The van der Waals surface area contributed by atoms with Gasteiger partial charge in [0.25, 0.3) is 5.91 Å². The van der Waals surface area contributed by atoms with E-state index in [1.807, 2.05) is 37.4 Å². The Bertz CT molecular complexity index is 545. The van der Waals surface area contributed by atoms with Crippen molar-refractivity contribution < 1.29 is 24.6 Å². The minimum atomic E-state index is -1.82. The molecule has 8 nitrogen and oxygen atoms in total. The molecule has 1 fully saturated rings. The van der Waals surface area contributed by atoms with Gasteiger partial charge in [-0.2, -0.15) is 0 Å². The summed E-state index contributed by atoms with van der Waals surface area (Å²) in [7, 11) is 1.87. The molecule has 0 unspecified atom stereocenters. The van der Waals surface area contributed by atoms with Gasteiger partial charge in [-0.25, -0.2) is 9.59 Å². The van der Waals surface area contributed by atoms with E-state index >= 15 is 0 Å². The molecule has 0 radical (unpaired) electrons. The Balaban J connectivity index is 0.000000450. The minimum absolute atomic E-state index is 0.0632. The van der Waals surface area contributed by atoms with Crippen LogP contribution in [0.4, 0.5) is 5.69 Å². The van der Waals surface area contributed by atoms with Gasteiger partial charge in [0.1, 0.15) is 0 Å². The maximum Gasteiger partial charge on any atom is 0.414 e. The van der Waals surface area contributed by atoms with Crippen LogP contribution in [0.2, 0.25) is 0 Å². The molecule has 1 heterocycles. The maximum absolute atomic E-state index is 12.0. The number of amides is 1. The average Bonchev–Trinajstić information content (AvgIpc) is 2.84. The first-order chi connectivity index (χ1) is 11.9. The summed E-state index contributed by atoms with van der Waals surface area (Å²) in [6.45, 7) is 2.59. The number of para-hydroxylation sites is 1. The number of carbonyl (C=O) groups is 3. The summed E-state index contributed by atoms with van der Waals surface area (Å²) in [5.74, 6) is -3.58. The third-order valence-corrected chi connectivity index (χ3v) is 3.68. The number of hydrogen-bond acceptors (Lipinski definition) is 5. The lowest BCUT2D eigenvalue weighted by Crippen LogP contribution is -2.45. The van der Waals surface area contributed by atoms with Crippen molar-refractivity contribution in [2.45, 2.75) is 25.7 Å². The predicted octanol–water partition coefficient (Wildman–Crippen LogP) is 1.19. The van der Waals surface area contributed by atoms with E-state index in [1.54, 1.807) is 5.01 Å². The van der Waals surface area contributed by atoms with Crippen molar-refractivity contribution in [1.82, 2.24) is 10.3 Å². The molecule has 138 valence electrons. The first kappa shape index (κ1) is 20.4. The standard InChI is InChI=1S/C15H23N3O.C2H2O4/c1-17(14-9-5-4-6-10-14)16-15(19)13-18-11-7-2-3-8-12-18;3-1(4)2(5)6/h4-6,9-10H,2-3,7-8,11-13H2,1H3,(H,16,19);(H,3,4)(H,5,6). The van der Waals surface area contributed by atoms with Crippen molar-refractivity contribution in [1.29, 1.82) is 0 Å². The second-order valence-corrected chi connectivity index (χ2v) is 5.73. The van der Waals surface area contributed by atoms with Crippen molar-refractivity contribution in [3.63, 3.8) is 0 Å². The lowest BCUT2D eigenvalue weighted by atomic mass is 10.2. The molecule has 0 aromatic heterocycles. The topological polar surface area (TPSA) is 110 Å². The van der Waals surface area contributed by atoms with Gasteiger partial charge < -0.3 is 10.2 Å². The Kier molecular flexibility index (Phi) is 9.02. The molecule has 1 saturated heterocycles. The Morgan fingerprint density at radius 3 is 2.00 bits per heavy atom. The zero-order chi connectivity index (χ0) is 18.7. The number of anilines is 1. The van der Waals surface area contributed by atoms with Crippen molar-refractivity contribution >= 4 is 23.5 Å². The highest BCUT2D eigenvalue weighted by Crippen LogP contribution is 2.10. The Morgan fingerprint density at radius 2 is 1.52 bits per heavy atom. The van der Waals surface area contributed by atoms with Gasteiger partial charge in [0, 0.05) is 7.05 Å². The lowest BCUT2D eigenvalue weighted by Gasteiger charge is -2.23. The summed E-state index contributed by atoms with van der Waals surface area (Å²) < 4.78 is 0. The van der Waals surface area contributed by atoms with Crippen molar-refractivity contribution in [3.05, 3.63) is 30.3 Å². The number of hydrazine groups is 1. The first-order valence-electron chi connectivity index (χ1n) is 8.17. The van der Waals surface area contributed by atoms with Crippen LogP contribution in [0.1, 0.15) is 25.7 Å². The normalized spacial score (nSPS) is 14.4. The number of carbonyl (C=O) groups excluding carboxylic acids is 1. The van der Waals surface area contributed by atoms with Crippen LogP contribution in [0.25, 0.3) is 0 Å². The second kappa shape index (κ2) is 11.0. The molecule has 3 N–H and O–H groups in total. The van der Waals surface area contributed by atoms with E-state index in [1.165, 1.54) is 25.7 Å². The van der Waals surface area contributed by atoms with Crippen molar-refractivity contribution in [2.75, 3.05) is 31.7 Å². The quantitative estimate of drug-likeness (QED) is 0.552. The van der Waals surface area contributed by atoms with Gasteiger partial charge >= 0.3 is 11.9 Å². The van der Waals surface area contributed by atoms with Crippen LogP contribution in [0, 0.1) is 0 Å². The van der Waals surface area contributed by atoms with Gasteiger partial charge in [-0.15, -0.1) is 0 Å². The molecule has 0 saturated carbocycles. The van der Waals surface area contributed by atoms with E-state index in [0.717, 1.165) is 18.8 Å². The number of nitrogens with zero attached hydrogens (tertiary/aromatic N) is 2. The molecule has 0 atom stereocenters. The third kappa shape index (κ3) is 8.71. The Labute approximate surface area is 147 Å². The van der Waals surface area contributed by atoms with Crippen LogP contribution in [-0.2, 0) is 14.4 Å². The summed E-state index contributed by atoms with van der Waals surface area (Å²) in [6.07, 6.45) is 5.01. The molecule has 1 aliphatic heterocycles. The van der Waals surface area contributed by atoms with Gasteiger partial charge in [-0.05, 0) is 38.1 Å². The number of carboxylic acids is 2. The molecule has 0 spiro atoms. The molecule has 0 bridgehead atoms. The maximum atomic E-state index is 12.0. The molecule has 1 amide bonds. The van der Waals surface area contributed by atoms with Gasteiger partial charge in [0.2, 0.25) is 0 Å². The van der Waals surface area contributed by atoms with Gasteiger partial charge in [-0.3, -0.25) is 20.1 Å². The molecule has 2 rings (SSSR count). The molecule has 1 aromatic carbocycles. The van der Waals surface area contributed by atoms with Crippen molar-refractivity contribution in [2.24, 2.45) is 0 Å². The number of hydrogen-bond donors (Lipinski definition) is 3. The zero-order valence-electron chi connectivity index (χ0n) is 14.4. The summed E-state index contributed by atoms with van der Waals surface area (Å²) in [6, 6.07) is 9.86. The number of rotatable bonds is 4. The molecule has 25 heavy (non-hydrogen) atoms. The van der Waals surface area contributed by atoms with E-state index in [9.17, 15) is 4.79 Å². The van der Waals surface area contributed by atoms with E-state index in [-0.39, 0.29) is 5.91 Å². The molecule has 0 aliphatic carbocycles. The van der Waals surface area contributed by atoms with E-state index < -0.39 is 11.9 Å². The lowest BCUT2D eigenvalue weighted by molar-refractivity contribution is -0.159. The summed E-state index contributed by atoms with van der Waals surface area (Å²) in [5, 5.41) is 16.6. The van der Waals surface area contributed by atoms with Crippen LogP contribution in [-0.4, -0.2) is 59.6 Å². The zero-order valence-corrected chi connectivity index (χ0v) is 14.4. The fourth-order valence-electron chi connectivity index (χ4n) is 2.44. The summed E-state index contributed by atoms with van der Waals surface area (Å²) in [5.41, 5.74) is 3.91. The smallest absolute Gasteiger partial charge is 0.414 e. The highest BCUT2D eigenvalue weighted by atomic mass is 16.4. The number of aliphatic carboxylic acids is 2. The molecule has 1 aliphatic rings. The van der Waals surface area contributed by atoms with E-state index in [0.29, 0.717) is 6.54 Å². The number of nitrogens with one attached hydrogen (secondary N) is 1. The molecule has 8 heteroatoms. The fraction of sp³-hybridized carbons (Fsp3) is 0.471. The molecular formula is C17H25N3O5. The monoisotopic (exact) mass is 351 g/mol. The van der Waals surface area contributed by atoms with Crippen LogP contribution in [0.3, 0.4) is 0 Å². The highest BCUT2D eigenvalue weighted by molar-refractivity contribution is 6.27. The molecule has 1 aromatic rings. The second-order valence-electron chi connectivity index (χ2n) is 5.73. The van der Waals surface area contributed by atoms with Gasteiger partial charge in [0.05, 0.1) is 12.2 Å². The predicted molar refractivity (Wildman–Crippen MR) is 93.2 cm³/mol. The van der Waals surface area contributed by atoms with Crippen LogP contribution < -0.4 is 10.4 Å². The number of benzene rings is 1. The third-order valence-electron chi connectivity index (χ3n) is 3.68. The van der Waals surface area contributed by atoms with Crippen LogP contribution in [0.15, 0.2) is 30.3 Å². The Hall–Kier alpha value is -2.61.